The van der Waals surface area contributed by atoms with Crippen molar-refractivity contribution in [2.45, 2.75) is 38.7 Å². The van der Waals surface area contributed by atoms with Crippen molar-refractivity contribution >= 4 is 36.0 Å². The second kappa shape index (κ2) is 11.4. The highest BCUT2D eigenvalue weighted by molar-refractivity contribution is 7.91. The molecule has 1 heterocycles. The van der Waals surface area contributed by atoms with Gasteiger partial charge in [-0.2, -0.15) is 8.42 Å². The van der Waals surface area contributed by atoms with Crippen molar-refractivity contribution in [2.75, 3.05) is 17.4 Å². The van der Waals surface area contributed by atoms with Crippen LogP contribution < -0.4 is 9.04 Å². The molecule has 1 fully saturated rings. The SMILES string of the molecule is C[Si](C)(C)CCN1C(=O)CN(c2ccc(C=CCc3ccccc3)cc2OCc2ccccc2)S1(=O)=O. The van der Waals surface area contributed by atoms with Crippen molar-refractivity contribution in [3.05, 3.63) is 102 Å². The van der Waals surface area contributed by atoms with E-state index < -0.39 is 24.2 Å². The van der Waals surface area contributed by atoms with Gasteiger partial charge in [0.15, 0.2) is 0 Å². The molecule has 1 saturated heterocycles. The number of anilines is 1. The molecule has 3 aromatic carbocycles. The van der Waals surface area contributed by atoms with Gasteiger partial charge in [0.1, 0.15) is 18.9 Å². The molecule has 0 saturated carbocycles. The highest BCUT2D eigenvalue weighted by atomic mass is 32.2. The molecule has 0 bridgehead atoms. The Balaban J connectivity index is 1.61. The van der Waals surface area contributed by atoms with Crippen molar-refractivity contribution in [1.29, 1.82) is 0 Å². The second-order valence-corrected chi connectivity index (χ2v) is 17.8. The molecule has 1 amide bonds. The Kier molecular flexibility index (Phi) is 8.19. The Morgan fingerprint density at radius 3 is 2.22 bits per heavy atom. The van der Waals surface area contributed by atoms with Gasteiger partial charge in [0, 0.05) is 14.6 Å². The number of nitrogens with zero attached hydrogens (tertiary/aromatic N) is 2. The summed E-state index contributed by atoms with van der Waals surface area (Å²) in [6, 6.07) is 26.0. The third-order valence-corrected chi connectivity index (χ3v) is 9.72. The van der Waals surface area contributed by atoms with E-state index in [1.807, 2.05) is 66.7 Å². The van der Waals surface area contributed by atoms with E-state index in [2.05, 4.69) is 37.8 Å². The first-order chi connectivity index (χ1) is 17.6. The van der Waals surface area contributed by atoms with Gasteiger partial charge in [0.2, 0.25) is 0 Å². The predicted molar refractivity (Wildman–Crippen MR) is 153 cm³/mol. The van der Waals surface area contributed by atoms with Crippen molar-refractivity contribution < 1.29 is 17.9 Å². The number of carbonyl (C=O) groups is 1. The largest absolute Gasteiger partial charge is 0.487 e. The number of rotatable bonds is 10. The number of benzene rings is 3. The van der Waals surface area contributed by atoms with Crippen LogP contribution in [0.15, 0.2) is 84.9 Å². The number of hydrogen-bond donors (Lipinski definition) is 0. The fourth-order valence-corrected chi connectivity index (χ4v) is 6.66. The molecule has 8 heteroatoms. The van der Waals surface area contributed by atoms with E-state index in [1.165, 1.54) is 9.87 Å². The summed E-state index contributed by atoms with van der Waals surface area (Å²) >= 11 is 0. The lowest BCUT2D eigenvalue weighted by molar-refractivity contribution is -0.123. The standard InChI is InChI=1S/C29H34N2O4SSi/c1-37(2,3)20-19-30-29(32)22-31(36(30,33)34)27-18-17-25(16-10-15-24-11-6-4-7-12-24)21-28(27)35-23-26-13-8-5-9-14-26/h4-14,16-18,21H,15,19-20,22-23H2,1-3H3. The zero-order chi connectivity index (χ0) is 26.5. The van der Waals surface area contributed by atoms with E-state index in [-0.39, 0.29) is 19.7 Å². The lowest BCUT2D eigenvalue weighted by Crippen LogP contribution is -2.37. The van der Waals surface area contributed by atoms with E-state index in [0.29, 0.717) is 17.5 Å². The van der Waals surface area contributed by atoms with Gasteiger partial charge in [-0.3, -0.25) is 4.79 Å². The Bertz CT molecular complexity index is 1350. The maximum absolute atomic E-state index is 13.4. The van der Waals surface area contributed by atoms with Crippen LogP contribution in [0.3, 0.4) is 0 Å². The molecular weight excluding hydrogens is 500 g/mol. The fraction of sp³-hybridized carbons (Fsp3) is 0.276. The second-order valence-electron chi connectivity index (χ2n) is 10.4. The molecule has 194 valence electrons. The quantitative estimate of drug-likeness (QED) is 0.311. The summed E-state index contributed by atoms with van der Waals surface area (Å²) in [5, 5.41) is 0. The average molecular weight is 535 g/mol. The van der Waals surface area contributed by atoms with Crippen LogP contribution in [0.1, 0.15) is 16.7 Å². The molecule has 0 N–H and O–H groups in total. The van der Waals surface area contributed by atoms with Gasteiger partial charge in [-0.15, -0.1) is 0 Å². The number of amides is 1. The summed E-state index contributed by atoms with van der Waals surface area (Å²) in [6.45, 7) is 6.77. The van der Waals surface area contributed by atoms with Gasteiger partial charge < -0.3 is 4.74 Å². The monoisotopic (exact) mass is 534 g/mol. The van der Waals surface area contributed by atoms with E-state index in [9.17, 15) is 13.2 Å². The lowest BCUT2D eigenvalue weighted by Gasteiger charge is -2.24. The normalized spacial score (nSPS) is 15.5. The Morgan fingerprint density at radius 2 is 1.57 bits per heavy atom. The van der Waals surface area contributed by atoms with Gasteiger partial charge in [-0.1, -0.05) is 98.5 Å². The van der Waals surface area contributed by atoms with Gasteiger partial charge in [-0.25, -0.2) is 8.61 Å². The molecule has 6 nitrogen and oxygen atoms in total. The molecule has 4 rings (SSSR count). The minimum Gasteiger partial charge on any atom is -0.487 e. The summed E-state index contributed by atoms with van der Waals surface area (Å²) < 4.78 is 35.2. The molecule has 0 spiro atoms. The van der Waals surface area contributed by atoms with Crippen molar-refractivity contribution in [3.8, 4) is 5.75 Å². The van der Waals surface area contributed by atoms with Crippen molar-refractivity contribution in [3.63, 3.8) is 0 Å². The zero-order valence-corrected chi connectivity index (χ0v) is 23.4. The Morgan fingerprint density at radius 1 is 0.919 bits per heavy atom. The summed E-state index contributed by atoms with van der Waals surface area (Å²) in [4.78, 5) is 12.8. The van der Waals surface area contributed by atoms with Crippen LogP contribution in [0.25, 0.3) is 6.08 Å². The summed E-state index contributed by atoms with van der Waals surface area (Å²) in [5.41, 5.74) is 3.44. The van der Waals surface area contributed by atoms with E-state index in [0.717, 1.165) is 21.9 Å². The molecule has 0 atom stereocenters. The first-order valence-electron chi connectivity index (χ1n) is 12.5. The maximum Gasteiger partial charge on any atom is 0.329 e. The minimum absolute atomic E-state index is 0.216. The number of carbonyl (C=O) groups excluding carboxylic acids is 1. The molecular formula is C29H34N2O4SSi. The van der Waals surface area contributed by atoms with Crippen LogP contribution in [-0.2, 0) is 28.0 Å². The topological polar surface area (TPSA) is 66.9 Å². The Hall–Kier alpha value is -3.36. The van der Waals surface area contributed by atoms with Crippen molar-refractivity contribution in [1.82, 2.24) is 4.31 Å². The predicted octanol–water partition coefficient (Wildman–Crippen LogP) is 5.75. The summed E-state index contributed by atoms with van der Waals surface area (Å²) in [5.74, 6) is 0.0215. The highest BCUT2D eigenvalue weighted by Gasteiger charge is 2.43. The number of allylic oxidation sites excluding steroid dienone is 1. The van der Waals surface area contributed by atoms with Crippen LogP contribution in [-0.4, -0.2) is 39.8 Å². The van der Waals surface area contributed by atoms with Crippen LogP contribution in [0.4, 0.5) is 5.69 Å². The molecule has 0 aromatic heterocycles. The zero-order valence-electron chi connectivity index (χ0n) is 21.6. The Labute approximate surface area is 221 Å². The number of hydrogen-bond acceptors (Lipinski definition) is 4. The third-order valence-electron chi connectivity index (χ3n) is 6.18. The van der Waals surface area contributed by atoms with E-state index in [4.69, 9.17) is 4.74 Å². The minimum atomic E-state index is -3.98. The van der Waals surface area contributed by atoms with E-state index in [1.54, 1.807) is 6.07 Å². The molecule has 1 aliphatic rings. The lowest BCUT2D eigenvalue weighted by atomic mass is 10.1. The maximum atomic E-state index is 13.4. The van der Waals surface area contributed by atoms with Crippen LogP contribution in [0.5, 0.6) is 5.75 Å². The van der Waals surface area contributed by atoms with Gasteiger partial charge in [0.05, 0.1) is 5.69 Å². The summed E-state index contributed by atoms with van der Waals surface area (Å²) in [6.07, 6.45) is 4.85. The molecule has 0 unspecified atom stereocenters. The fourth-order valence-electron chi connectivity index (χ4n) is 4.05. The third kappa shape index (κ3) is 6.90. The van der Waals surface area contributed by atoms with Gasteiger partial charge >= 0.3 is 10.2 Å². The van der Waals surface area contributed by atoms with E-state index >= 15 is 0 Å². The molecule has 0 aliphatic carbocycles. The van der Waals surface area contributed by atoms with Gasteiger partial charge in [-0.05, 0) is 41.3 Å². The molecule has 1 aliphatic heterocycles. The molecule has 3 aromatic rings. The molecule has 37 heavy (non-hydrogen) atoms. The first-order valence-corrected chi connectivity index (χ1v) is 17.6. The van der Waals surface area contributed by atoms with Crippen molar-refractivity contribution in [2.24, 2.45) is 0 Å². The average Bonchev–Trinajstić information content (AvgIpc) is 3.09. The van der Waals surface area contributed by atoms with Gasteiger partial charge in [0.25, 0.3) is 5.91 Å². The van der Waals surface area contributed by atoms with Crippen LogP contribution in [0.2, 0.25) is 25.7 Å². The van der Waals surface area contributed by atoms with Crippen LogP contribution in [0, 0.1) is 0 Å². The molecule has 0 radical (unpaired) electrons. The smallest absolute Gasteiger partial charge is 0.329 e. The summed E-state index contributed by atoms with van der Waals surface area (Å²) in [7, 11) is -5.52. The highest BCUT2D eigenvalue weighted by Crippen LogP contribution is 2.36. The number of ether oxygens (including phenoxy) is 1. The van der Waals surface area contributed by atoms with Crippen LogP contribution >= 0.6 is 0 Å². The first kappa shape index (κ1) is 26.7.